The minimum absolute atomic E-state index is 0.0167. The van der Waals surface area contributed by atoms with E-state index in [4.69, 9.17) is 4.74 Å². The minimum Gasteiger partial charge on any atom is -0.443 e. The van der Waals surface area contributed by atoms with Crippen LogP contribution in [0.2, 0.25) is 0 Å². The van der Waals surface area contributed by atoms with Crippen LogP contribution >= 0.6 is 0 Å². The first-order valence-corrected chi connectivity index (χ1v) is 7.06. The molecule has 0 aromatic heterocycles. The smallest absolute Gasteiger partial charge is 0.414 e. The number of amides is 1. The summed E-state index contributed by atoms with van der Waals surface area (Å²) in [5, 5.41) is 0. The van der Waals surface area contributed by atoms with Crippen molar-refractivity contribution in [1.82, 2.24) is 4.90 Å². The second kappa shape index (κ2) is 5.72. The third-order valence-electron chi connectivity index (χ3n) is 3.30. The summed E-state index contributed by atoms with van der Waals surface area (Å²) < 4.78 is 5.43. The molecular formula is C17H21NO3. The van der Waals surface area contributed by atoms with Crippen LogP contribution < -0.4 is 0 Å². The van der Waals surface area contributed by atoms with Crippen LogP contribution in [0.5, 0.6) is 0 Å². The molecule has 1 aromatic rings. The van der Waals surface area contributed by atoms with Crippen LogP contribution in [0.3, 0.4) is 0 Å². The summed E-state index contributed by atoms with van der Waals surface area (Å²) in [6.45, 7) is 7.46. The van der Waals surface area contributed by atoms with E-state index in [1.54, 1.807) is 0 Å². The number of benzene rings is 1. The molecule has 0 spiro atoms. The summed E-state index contributed by atoms with van der Waals surface area (Å²) in [4.78, 5) is 25.6. The van der Waals surface area contributed by atoms with Gasteiger partial charge in [0.1, 0.15) is 5.60 Å². The van der Waals surface area contributed by atoms with Crippen LogP contribution in [0.15, 0.2) is 36.5 Å². The Balaban J connectivity index is 2.33. The maximum Gasteiger partial charge on any atom is 0.414 e. The number of rotatable bonds is 1. The summed E-state index contributed by atoms with van der Waals surface area (Å²) in [6, 6.07) is 7.48. The van der Waals surface area contributed by atoms with E-state index in [2.05, 4.69) is 0 Å². The molecule has 0 radical (unpaired) electrons. The van der Waals surface area contributed by atoms with Crippen molar-refractivity contribution >= 4 is 11.9 Å². The Hall–Kier alpha value is -2.10. The molecule has 21 heavy (non-hydrogen) atoms. The molecule has 1 aliphatic rings. The van der Waals surface area contributed by atoms with Gasteiger partial charge in [0.25, 0.3) is 0 Å². The first-order valence-electron chi connectivity index (χ1n) is 7.06. The maximum absolute atomic E-state index is 12.4. The number of carbonyl (C=O) groups excluding carboxylic acids is 2. The van der Waals surface area contributed by atoms with Gasteiger partial charge in [-0.1, -0.05) is 24.3 Å². The van der Waals surface area contributed by atoms with Crippen molar-refractivity contribution in [3.8, 4) is 0 Å². The molecule has 2 rings (SSSR count). The fraction of sp³-hybridized carbons (Fsp3) is 0.412. The average Bonchev–Trinajstić information content (AvgIpc) is 2.37. The van der Waals surface area contributed by atoms with Crippen molar-refractivity contribution in [2.45, 2.75) is 45.8 Å². The highest BCUT2D eigenvalue weighted by atomic mass is 16.6. The molecule has 0 saturated heterocycles. The molecule has 0 N–H and O–H groups in total. The van der Waals surface area contributed by atoms with Crippen molar-refractivity contribution in [1.29, 1.82) is 0 Å². The van der Waals surface area contributed by atoms with Crippen LogP contribution in [0.4, 0.5) is 4.79 Å². The zero-order chi connectivity index (χ0) is 15.6. The predicted octanol–water partition coefficient (Wildman–Crippen LogP) is 3.76. The predicted molar refractivity (Wildman–Crippen MR) is 80.8 cm³/mol. The maximum atomic E-state index is 12.4. The Morgan fingerprint density at radius 2 is 1.95 bits per heavy atom. The van der Waals surface area contributed by atoms with Gasteiger partial charge in [0.05, 0.1) is 6.04 Å². The van der Waals surface area contributed by atoms with Crippen molar-refractivity contribution in [2.24, 2.45) is 0 Å². The first kappa shape index (κ1) is 15.3. The standard InChI is InChI=1S/C17H21NO3/c1-12-7-5-6-8-14(12)15-11-13(19)9-10-18(15)16(20)21-17(2,3)4/h5-10,15H,11H2,1-4H3. The Morgan fingerprint density at radius 3 is 2.57 bits per heavy atom. The van der Waals surface area contributed by atoms with Gasteiger partial charge in [-0.15, -0.1) is 0 Å². The summed E-state index contributed by atoms with van der Waals surface area (Å²) in [7, 11) is 0. The van der Waals surface area contributed by atoms with Gasteiger partial charge in [-0.2, -0.15) is 0 Å². The molecule has 112 valence electrons. The van der Waals surface area contributed by atoms with Gasteiger partial charge in [-0.05, 0) is 44.9 Å². The van der Waals surface area contributed by atoms with Crippen LogP contribution in [0.25, 0.3) is 0 Å². The van der Waals surface area contributed by atoms with E-state index < -0.39 is 11.7 Å². The number of allylic oxidation sites excluding steroid dienone is 1. The third-order valence-corrected chi connectivity index (χ3v) is 3.30. The van der Waals surface area contributed by atoms with Crippen molar-refractivity contribution < 1.29 is 14.3 Å². The Bertz CT molecular complexity index is 584. The Morgan fingerprint density at radius 1 is 1.29 bits per heavy atom. The summed E-state index contributed by atoms with van der Waals surface area (Å²) >= 11 is 0. The van der Waals surface area contributed by atoms with E-state index in [0.29, 0.717) is 0 Å². The summed E-state index contributed by atoms with van der Waals surface area (Å²) in [5.74, 6) is 0.0167. The quantitative estimate of drug-likeness (QED) is 0.790. The number of nitrogens with zero attached hydrogens (tertiary/aromatic N) is 1. The van der Waals surface area contributed by atoms with Crippen LogP contribution in [-0.4, -0.2) is 22.4 Å². The lowest BCUT2D eigenvalue weighted by Gasteiger charge is -2.33. The minimum atomic E-state index is -0.567. The molecule has 0 aliphatic carbocycles. The third kappa shape index (κ3) is 3.72. The van der Waals surface area contributed by atoms with E-state index in [0.717, 1.165) is 11.1 Å². The molecule has 1 aromatic carbocycles. The van der Waals surface area contributed by atoms with Gasteiger partial charge in [0.15, 0.2) is 5.78 Å². The zero-order valence-corrected chi connectivity index (χ0v) is 12.9. The van der Waals surface area contributed by atoms with Crippen LogP contribution in [0, 0.1) is 6.92 Å². The Kier molecular flexibility index (Phi) is 4.16. The summed E-state index contributed by atoms with van der Waals surface area (Å²) in [6.07, 6.45) is 2.80. The number of hydrogen-bond acceptors (Lipinski definition) is 3. The molecule has 1 heterocycles. The lowest BCUT2D eigenvalue weighted by atomic mass is 9.94. The monoisotopic (exact) mass is 287 g/mol. The average molecular weight is 287 g/mol. The second-order valence-electron chi connectivity index (χ2n) is 6.25. The van der Waals surface area contributed by atoms with E-state index in [1.165, 1.54) is 17.2 Å². The molecule has 4 nitrogen and oxygen atoms in total. The topological polar surface area (TPSA) is 46.6 Å². The van der Waals surface area contributed by atoms with Gasteiger partial charge < -0.3 is 4.74 Å². The van der Waals surface area contributed by atoms with E-state index in [-0.39, 0.29) is 18.2 Å². The molecule has 0 fully saturated rings. The lowest BCUT2D eigenvalue weighted by molar-refractivity contribution is -0.116. The lowest BCUT2D eigenvalue weighted by Crippen LogP contribution is -2.38. The van der Waals surface area contributed by atoms with E-state index in [1.807, 2.05) is 52.0 Å². The highest BCUT2D eigenvalue weighted by molar-refractivity contribution is 5.92. The molecule has 4 heteroatoms. The Labute approximate surface area is 125 Å². The van der Waals surface area contributed by atoms with Crippen molar-refractivity contribution in [2.75, 3.05) is 0 Å². The molecule has 1 unspecified atom stereocenters. The van der Waals surface area contributed by atoms with Gasteiger partial charge in [-0.3, -0.25) is 9.69 Å². The zero-order valence-electron chi connectivity index (χ0n) is 12.9. The van der Waals surface area contributed by atoms with Crippen molar-refractivity contribution in [3.05, 3.63) is 47.7 Å². The van der Waals surface area contributed by atoms with Crippen LogP contribution in [0.1, 0.15) is 44.4 Å². The highest BCUT2D eigenvalue weighted by Gasteiger charge is 2.32. The van der Waals surface area contributed by atoms with E-state index >= 15 is 0 Å². The molecule has 1 atom stereocenters. The molecule has 0 saturated carbocycles. The normalized spacial score (nSPS) is 18.8. The number of ether oxygens (including phenoxy) is 1. The SMILES string of the molecule is Cc1ccccc1C1CC(=O)C=CN1C(=O)OC(C)(C)C. The van der Waals surface area contributed by atoms with E-state index in [9.17, 15) is 9.59 Å². The fourth-order valence-corrected chi connectivity index (χ4v) is 2.35. The molecule has 1 amide bonds. The summed E-state index contributed by atoms with van der Waals surface area (Å²) in [5.41, 5.74) is 1.46. The number of aryl methyl sites for hydroxylation is 1. The van der Waals surface area contributed by atoms with Crippen LogP contribution in [-0.2, 0) is 9.53 Å². The number of carbonyl (C=O) groups is 2. The first-order chi connectivity index (χ1) is 9.78. The largest absolute Gasteiger partial charge is 0.443 e. The van der Waals surface area contributed by atoms with Gasteiger partial charge >= 0.3 is 6.09 Å². The van der Waals surface area contributed by atoms with Crippen molar-refractivity contribution in [3.63, 3.8) is 0 Å². The van der Waals surface area contributed by atoms with Gasteiger partial charge in [0, 0.05) is 12.6 Å². The highest BCUT2D eigenvalue weighted by Crippen LogP contribution is 2.31. The second-order valence-corrected chi connectivity index (χ2v) is 6.25. The number of hydrogen-bond donors (Lipinski definition) is 0. The van der Waals surface area contributed by atoms with Gasteiger partial charge in [0.2, 0.25) is 0 Å². The van der Waals surface area contributed by atoms with Gasteiger partial charge in [-0.25, -0.2) is 4.79 Å². The molecule has 0 bridgehead atoms. The molecule has 1 aliphatic heterocycles. The molecular weight excluding hydrogens is 266 g/mol. The number of ketones is 1. The fourth-order valence-electron chi connectivity index (χ4n) is 2.35.